The molecule has 102 valence electrons. The Balaban J connectivity index is 2.57. The fourth-order valence-electron chi connectivity index (χ4n) is 1.42. The first-order valence-electron chi connectivity index (χ1n) is 6.50. The molecule has 1 heterocycles. The second-order valence-electron chi connectivity index (χ2n) is 4.46. The van der Waals surface area contributed by atoms with Crippen LogP contribution in [0.4, 0.5) is 0 Å². The standard InChI is InChI=1S/C12H23N5O/c1-5-9(3)14-12(18)10(4)17-8-11(15-16-17)7-13-6-2/h8-10,13H,5-7H2,1-4H3,(H,14,18). The van der Waals surface area contributed by atoms with Gasteiger partial charge >= 0.3 is 0 Å². The Labute approximate surface area is 108 Å². The van der Waals surface area contributed by atoms with Crippen molar-refractivity contribution in [3.63, 3.8) is 0 Å². The average molecular weight is 253 g/mol. The van der Waals surface area contributed by atoms with E-state index in [4.69, 9.17) is 0 Å². The zero-order chi connectivity index (χ0) is 13.5. The van der Waals surface area contributed by atoms with Crippen molar-refractivity contribution in [3.8, 4) is 0 Å². The Hall–Kier alpha value is -1.43. The summed E-state index contributed by atoms with van der Waals surface area (Å²) in [7, 11) is 0. The molecule has 0 aliphatic rings. The van der Waals surface area contributed by atoms with E-state index in [0.717, 1.165) is 18.7 Å². The van der Waals surface area contributed by atoms with E-state index in [-0.39, 0.29) is 18.0 Å². The van der Waals surface area contributed by atoms with Crippen molar-refractivity contribution in [2.24, 2.45) is 0 Å². The molecule has 2 unspecified atom stereocenters. The molecule has 2 N–H and O–H groups in total. The van der Waals surface area contributed by atoms with E-state index in [1.165, 1.54) is 0 Å². The number of hydrogen-bond acceptors (Lipinski definition) is 4. The third-order valence-electron chi connectivity index (χ3n) is 2.89. The molecule has 1 amide bonds. The van der Waals surface area contributed by atoms with Crippen LogP contribution >= 0.6 is 0 Å². The predicted molar refractivity (Wildman–Crippen MR) is 70.0 cm³/mol. The maximum absolute atomic E-state index is 11.9. The summed E-state index contributed by atoms with van der Waals surface area (Å²) in [6, 6.07) is -0.147. The maximum Gasteiger partial charge on any atom is 0.244 e. The Morgan fingerprint density at radius 2 is 2.17 bits per heavy atom. The highest BCUT2D eigenvalue weighted by Gasteiger charge is 2.17. The van der Waals surface area contributed by atoms with E-state index in [9.17, 15) is 4.79 Å². The van der Waals surface area contributed by atoms with Crippen LogP contribution in [0.25, 0.3) is 0 Å². The van der Waals surface area contributed by atoms with E-state index in [1.54, 1.807) is 4.68 Å². The normalized spacial score (nSPS) is 14.2. The minimum atomic E-state index is -0.332. The smallest absolute Gasteiger partial charge is 0.244 e. The first-order chi connectivity index (χ1) is 8.58. The topological polar surface area (TPSA) is 71.8 Å². The molecule has 6 nitrogen and oxygen atoms in total. The average Bonchev–Trinajstić information content (AvgIpc) is 2.83. The van der Waals surface area contributed by atoms with Crippen LogP contribution < -0.4 is 10.6 Å². The first-order valence-corrected chi connectivity index (χ1v) is 6.50. The molecule has 0 saturated carbocycles. The second kappa shape index (κ2) is 7.10. The lowest BCUT2D eigenvalue weighted by Gasteiger charge is -2.15. The van der Waals surface area contributed by atoms with E-state index in [1.807, 2.05) is 33.9 Å². The Bertz CT molecular complexity index is 376. The van der Waals surface area contributed by atoms with Gasteiger partial charge in [-0.3, -0.25) is 4.79 Å². The minimum Gasteiger partial charge on any atom is -0.352 e. The molecule has 0 fully saturated rings. The van der Waals surface area contributed by atoms with Gasteiger partial charge in [-0.15, -0.1) is 5.10 Å². The quantitative estimate of drug-likeness (QED) is 0.756. The number of carbonyl (C=O) groups is 1. The Morgan fingerprint density at radius 1 is 1.44 bits per heavy atom. The highest BCUT2D eigenvalue weighted by Crippen LogP contribution is 2.05. The van der Waals surface area contributed by atoms with Crippen molar-refractivity contribution in [1.82, 2.24) is 25.6 Å². The SMILES string of the molecule is CCNCc1cn(C(C)C(=O)NC(C)CC)nn1. The Kier molecular flexibility index (Phi) is 5.77. The van der Waals surface area contributed by atoms with Gasteiger partial charge in [0.15, 0.2) is 0 Å². The third kappa shape index (κ3) is 4.10. The molecule has 1 aromatic rings. The zero-order valence-electron chi connectivity index (χ0n) is 11.6. The highest BCUT2D eigenvalue weighted by molar-refractivity contribution is 5.79. The molecule has 0 radical (unpaired) electrons. The summed E-state index contributed by atoms with van der Waals surface area (Å²) >= 11 is 0. The fourth-order valence-corrected chi connectivity index (χ4v) is 1.42. The molecule has 0 saturated heterocycles. The van der Waals surface area contributed by atoms with Crippen molar-refractivity contribution < 1.29 is 4.79 Å². The lowest BCUT2D eigenvalue weighted by atomic mass is 10.2. The van der Waals surface area contributed by atoms with Crippen molar-refractivity contribution in [1.29, 1.82) is 0 Å². The number of carbonyl (C=O) groups excluding carboxylic acids is 1. The molecule has 0 aliphatic carbocycles. The number of rotatable bonds is 7. The van der Waals surface area contributed by atoms with E-state index in [0.29, 0.717) is 6.54 Å². The molecule has 0 bridgehead atoms. The van der Waals surface area contributed by atoms with Crippen molar-refractivity contribution in [2.45, 2.75) is 52.7 Å². The van der Waals surface area contributed by atoms with Crippen LogP contribution in [-0.2, 0) is 11.3 Å². The van der Waals surface area contributed by atoms with Gasteiger partial charge in [-0.05, 0) is 26.8 Å². The van der Waals surface area contributed by atoms with Gasteiger partial charge < -0.3 is 10.6 Å². The van der Waals surface area contributed by atoms with Gasteiger partial charge in [0.1, 0.15) is 6.04 Å². The van der Waals surface area contributed by atoms with Gasteiger partial charge in [0.05, 0.1) is 11.9 Å². The van der Waals surface area contributed by atoms with Gasteiger partial charge in [0, 0.05) is 12.6 Å². The van der Waals surface area contributed by atoms with Gasteiger partial charge in [0.2, 0.25) is 5.91 Å². The second-order valence-corrected chi connectivity index (χ2v) is 4.46. The monoisotopic (exact) mass is 253 g/mol. The molecule has 1 aromatic heterocycles. The van der Waals surface area contributed by atoms with Crippen molar-refractivity contribution >= 4 is 5.91 Å². The summed E-state index contributed by atoms with van der Waals surface area (Å²) in [5.41, 5.74) is 0.847. The molecule has 2 atom stereocenters. The van der Waals surface area contributed by atoms with Gasteiger partial charge in [-0.2, -0.15) is 0 Å². The molecular formula is C12H23N5O. The molecule has 6 heteroatoms. The maximum atomic E-state index is 11.9. The summed E-state index contributed by atoms with van der Waals surface area (Å²) in [6.07, 6.45) is 2.73. The number of amides is 1. The lowest BCUT2D eigenvalue weighted by Crippen LogP contribution is -2.37. The molecule has 1 rings (SSSR count). The molecule has 0 aromatic carbocycles. The predicted octanol–water partition coefficient (Wildman–Crippen LogP) is 0.863. The van der Waals surface area contributed by atoms with Crippen molar-refractivity contribution in [2.75, 3.05) is 6.54 Å². The van der Waals surface area contributed by atoms with E-state index < -0.39 is 0 Å². The van der Waals surface area contributed by atoms with Crippen LogP contribution in [0.5, 0.6) is 0 Å². The van der Waals surface area contributed by atoms with Crippen molar-refractivity contribution in [3.05, 3.63) is 11.9 Å². The molecule has 0 aliphatic heterocycles. The summed E-state index contributed by atoms with van der Waals surface area (Å²) in [6.45, 7) is 9.45. The van der Waals surface area contributed by atoms with Gasteiger partial charge in [-0.1, -0.05) is 19.1 Å². The lowest BCUT2D eigenvalue weighted by molar-refractivity contribution is -0.124. The van der Waals surface area contributed by atoms with Crippen LogP contribution in [0, 0.1) is 0 Å². The minimum absolute atomic E-state index is 0.0238. The van der Waals surface area contributed by atoms with Crippen LogP contribution in [0.2, 0.25) is 0 Å². The number of hydrogen-bond donors (Lipinski definition) is 2. The highest BCUT2D eigenvalue weighted by atomic mass is 16.2. The van der Waals surface area contributed by atoms with E-state index in [2.05, 4.69) is 20.9 Å². The summed E-state index contributed by atoms with van der Waals surface area (Å²) in [5.74, 6) is -0.0238. The number of nitrogens with one attached hydrogen (secondary N) is 2. The largest absolute Gasteiger partial charge is 0.352 e. The van der Waals surface area contributed by atoms with Crippen LogP contribution in [0.1, 0.15) is 45.9 Å². The van der Waals surface area contributed by atoms with Crippen LogP contribution in [0.3, 0.4) is 0 Å². The number of aromatic nitrogens is 3. The summed E-state index contributed by atoms with van der Waals surface area (Å²) in [4.78, 5) is 11.9. The van der Waals surface area contributed by atoms with Crippen LogP contribution in [0.15, 0.2) is 6.20 Å². The van der Waals surface area contributed by atoms with Crippen LogP contribution in [-0.4, -0.2) is 33.5 Å². The van der Waals surface area contributed by atoms with Gasteiger partial charge in [-0.25, -0.2) is 4.68 Å². The molecule has 18 heavy (non-hydrogen) atoms. The number of nitrogens with zero attached hydrogens (tertiary/aromatic N) is 3. The van der Waals surface area contributed by atoms with E-state index >= 15 is 0 Å². The zero-order valence-corrected chi connectivity index (χ0v) is 11.6. The van der Waals surface area contributed by atoms with Gasteiger partial charge in [0.25, 0.3) is 0 Å². The molecular weight excluding hydrogens is 230 g/mol. The summed E-state index contributed by atoms with van der Waals surface area (Å²) < 4.78 is 1.60. The third-order valence-corrected chi connectivity index (χ3v) is 2.89. The fraction of sp³-hybridized carbons (Fsp3) is 0.750. The first kappa shape index (κ1) is 14.6. The summed E-state index contributed by atoms with van der Waals surface area (Å²) in [5, 5.41) is 14.1. The Morgan fingerprint density at radius 3 is 2.78 bits per heavy atom. The molecule has 0 spiro atoms.